The second kappa shape index (κ2) is 7.72. The van der Waals surface area contributed by atoms with Gasteiger partial charge in [-0.25, -0.2) is 19.2 Å². The Morgan fingerprint density at radius 1 is 1.33 bits per heavy atom. The minimum Gasteiger partial charge on any atom is -0.472 e. The molecule has 0 bridgehead atoms. The molecule has 1 N–H and O–H groups in total. The molecule has 1 unspecified atom stereocenters. The fourth-order valence-electron chi connectivity index (χ4n) is 2.63. The second-order valence-electron chi connectivity index (χ2n) is 5.66. The number of hydrogen-bond donors (Lipinski definition) is 1. The van der Waals surface area contributed by atoms with Gasteiger partial charge in [-0.1, -0.05) is 12.1 Å². The summed E-state index contributed by atoms with van der Waals surface area (Å²) in [6.07, 6.45) is 4.74. The summed E-state index contributed by atoms with van der Waals surface area (Å²) in [5.74, 6) is 0.231. The van der Waals surface area contributed by atoms with Crippen molar-refractivity contribution in [2.75, 3.05) is 13.1 Å². The van der Waals surface area contributed by atoms with E-state index in [4.69, 9.17) is 4.74 Å². The quantitative estimate of drug-likeness (QED) is 0.934. The number of nitrogens with one attached hydrogen (secondary N) is 1. The number of carbonyl (C=O) groups is 1. The van der Waals surface area contributed by atoms with Gasteiger partial charge in [-0.05, 0) is 30.5 Å². The van der Waals surface area contributed by atoms with Gasteiger partial charge in [0.1, 0.15) is 18.2 Å². The number of urea groups is 1. The molecule has 1 aliphatic heterocycles. The van der Waals surface area contributed by atoms with E-state index in [9.17, 15) is 9.18 Å². The van der Waals surface area contributed by atoms with Gasteiger partial charge in [-0.2, -0.15) is 0 Å². The lowest BCUT2D eigenvalue weighted by Gasteiger charge is -2.32. The van der Waals surface area contributed by atoms with Crippen molar-refractivity contribution >= 4 is 6.03 Å². The minimum absolute atomic E-state index is 0.0785. The Labute approximate surface area is 139 Å². The molecule has 0 radical (unpaired) electrons. The summed E-state index contributed by atoms with van der Waals surface area (Å²) in [6, 6.07) is 7.64. The van der Waals surface area contributed by atoms with Crippen molar-refractivity contribution in [3.63, 3.8) is 0 Å². The average molecular weight is 330 g/mol. The maximum atomic E-state index is 12.9. The van der Waals surface area contributed by atoms with E-state index in [0.29, 0.717) is 25.5 Å². The molecule has 1 fully saturated rings. The van der Waals surface area contributed by atoms with E-state index in [1.54, 1.807) is 29.3 Å². The molecule has 0 aliphatic carbocycles. The predicted molar refractivity (Wildman–Crippen MR) is 85.9 cm³/mol. The van der Waals surface area contributed by atoms with Crippen LogP contribution >= 0.6 is 0 Å². The largest absolute Gasteiger partial charge is 0.472 e. The van der Waals surface area contributed by atoms with E-state index in [0.717, 1.165) is 18.4 Å². The van der Waals surface area contributed by atoms with Crippen LogP contribution < -0.4 is 10.1 Å². The van der Waals surface area contributed by atoms with Gasteiger partial charge in [0.15, 0.2) is 0 Å². The number of carbonyl (C=O) groups excluding carboxylic acids is 1. The molecule has 0 saturated carbocycles. The molecule has 1 saturated heterocycles. The molecule has 0 spiro atoms. The van der Waals surface area contributed by atoms with Gasteiger partial charge in [0.2, 0.25) is 5.88 Å². The van der Waals surface area contributed by atoms with Crippen LogP contribution in [0.15, 0.2) is 42.9 Å². The molecule has 7 heteroatoms. The van der Waals surface area contributed by atoms with Crippen LogP contribution in [0, 0.1) is 5.82 Å². The van der Waals surface area contributed by atoms with E-state index in [-0.39, 0.29) is 18.0 Å². The highest BCUT2D eigenvalue weighted by Crippen LogP contribution is 2.16. The van der Waals surface area contributed by atoms with Gasteiger partial charge < -0.3 is 15.0 Å². The van der Waals surface area contributed by atoms with Crippen LogP contribution in [0.25, 0.3) is 0 Å². The van der Waals surface area contributed by atoms with Gasteiger partial charge in [0, 0.05) is 25.4 Å². The lowest BCUT2D eigenvalue weighted by molar-refractivity contribution is 0.0976. The fraction of sp³-hybridized carbons (Fsp3) is 0.353. The summed E-state index contributed by atoms with van der Waals surface area (Å²) < 4.78 is 18.7. The molecular weight excluding hydrogens is 311 g/mol. The van der Waals surface area contributed by atoms with Crippen LogP contribution in [-0.4, -0.2) is 40.1 Å². The molecule has 126 valence electrons. The van der Waals surface area contributed by atoms with E-state index >= 15 is 0 Å². The topological polar surface area (TPSA) is 67.4 Å². The number of ether oxygens (including phenoxy) is 1. The molecule has 3 rings (SSSR count). The zero-order chi connectivity index (χ0) is 16.8. The third-order valence-electron chi connectivity index (χ3n) is 3.86. The van der Waals surface area contributed by atoms with Crippen LogP contribution in [0.3, 0.4) is 0 Å². The molecule has 2 aromatic rings. The molecule has 1 atom stereocenters. The van der Waals surface area contributed by atoms with Crippen molar-refractivity contribution in [1.29, 1.82) is 0 Å². The van der Waals surface area contributed by atoms with E-state index in [1.165, 1.54) is 18.5 Å². The third kappa shape index (κ3) is 4.41. The molecule has 1 aromatic carbocycles. The number of benzene rings is 1. The van der Waals surface area contributed by atoms with E-state index < -0.39 is 0 Å². The monoisotopic (exact) mass is 330 g/mol. The van der Waals surface area contributed by atoms with E-state index in [1.807, 2.05) is 0 Å². The van der Waals surface area contributed by atoms with Crippen LogP contribution in [-0.2, 0) is 6.54 Å². The molecule has 6 nitrogen and oxygen atoms in total. The Morgan fingerprint density at radius 3 is 2.92 bits per heavy atom. The van der Waals surface area contributed by atoms with Gasteiger partial charge in [0.05, 0.1) is 6.54 Å². The molecule has 1 aliphatic rings. The van der Waals surface area contributed by atoms with Gasteiger partial charge in [-0.15, -0.1) is 0 Å². The smallest absolute Gasteiger partial charge is 0.317 e. The predicted octanol–water partition coefficient (Wildman–Crippen LogP) is 2.37. The second-order valence-corrected chi connectivity index (χ2v) is 5.66. The summed E-state index contributed by atoms with van der Waals surface area (Å²) in [5, 5.41) is 2.86. The summed E-state index contributed by atoms with van der Waals surface area (Å²) in [4.78, 5) is 21.9. The zero-order valence-corrected chi connectivity index (χ0v) is 13.2. The average Bonchev–Trinajstić information content (AvgIpc) is 2.62. The van der Waals surface area contributed by atoms with Gasteiger partial charge in [-0.3, -0.25) is 0 Å². The third-order valence-corrected chi connectivity index (χ3v) is 3.86. The van der Waals surface area contributed by atoms with Crippen LogP contribution in [0.4, 0.5) is 9.18 Å². The number of rotatable bonds is 4. The van der Waals surface area contributed by atoms with Crippen molar-refractivity contribution in [2.45, 2.75) is 25.5 Å². The highest BCUT2D eigenvalue weighted by Gasteiger charge is 2.25. The Hall–Kier alpha value is -2.70. The molecular formula is C17H19FN4O2. The number of likely N-dealkylation sites (tertiary alicyclic amines) is 1. The summed E-state index contributed by atoms with van der Waals surface area (Å²) in [6.45, 7) is 1.57. The lowest BCUT2D eigenvalue weighted by atomic mass is 10.1. The van der Waals surface area contributed by atoms with Crippen molar-refractivity contribution in [3.05, 3.63) is 54.2 Å². The summed E-state index contributed by atoms with van der Waals surface area (Å²) in [5.41, 5.74) is 0.857. The van der Waals surface area contributed by atoms with Crippen LogP contribution in [0.2, 0.25) is 0 Å². The summed E-state index contributed by atoms with van der Waals surface area (Å²) in [7, 11) is 0. The van der Waals surface area contributed by atoms with Gasteiger partial charge in [0.25, 0.3) is 0 Å². The number of aromatic nitrogens is 2. The van der Waals surface area contributed by atoms with E-state index in [2.05, 4.69) is 15.3 Å². The normalized spacial score (nSPS) is 17.4. The maximum absolute atomic E-state index is 12.9. The highest BCUT2D eigenvalue weighted by molar-refractivity contribution is 5.74. The highest BCUT2D eigenvalue weighted by atomic mass is 19.1. The number of nitrogens with zero attached hydrogens (tertiary/aromatic N) is 3. The Kier molecular flexibility index (Phi) is 5.20. The van der Waals surface area contributed by atoms with Crippen LogP contribution in [0.1, 0.15) is 18.4 Å². The molecule has 2 amide bonds. The standard InChI is InChI=1S/C17H19FN4O2/c18-14-5-3-13(4-6-14)10-20-17(23)22-9-1-2-15(11-22)24-16-7-8-19-12-21-16/h3-8,12,15H,1-2,9-11H2,(H,20,23). The number of hydrogen-bond acceptors (Lipinski definition) is 4. The molecule has 1 aromatic heterocycles. The van der Waals surface area contributed by atoms with Crippen molar-refractivity contribution in [3.8, 4) is 5.88 Å². The SMILES string of the molecule is O=C(NCc1ccc(F)cc1)N1CCCC(Oc2ccncn2)C1. The van der Waals surface area contributed by atoms with Crippen molar-refractivity contribution < 1.29 is 13.9 Å². The number of piperidine rings is 1. The first-order valence-corrected chi connectivity index (χ1v) is 7.90. The van der Waals surface area contributed by atoms with Crippen molar-refractivity contribution in [1.82, 2.24) is 20.2 Å². The fourth-order valence-corrected chi connectivity index (χ4v) is 2.63. The first kappa shape index (κ1) is 16.2. The minimum atomic E-state index is -0.286. The number of halogens is 1. The number of amides is 2. The Morgan fingerprint density at radius 2 is 2.17 bits per heavy atom. The molecule has 24 heavy (non-hydrogen) atoms. The van der Waals surface area contributed by atoms with Gasteiger partial charge >= 0.3 is 6.03 Å². The first-order valence-electron chi connectivity index (χ1n) is 7.90. The maximum Gasteiger partial charge on any atom is 0.317 e. The zero-order valence-electron chi connectivity index (χ0n) is 13.2. The van der Waals surface area contributed by atoms with Crippen molar-refractivity contribution in [2.24, 2.45) is 0 Å². The Balaban J connectivity index is 1.50. The summed E-state index contributed by atoms with van der Waals surface area (Å²) >= 11 is 0. The van der Waals surface area contributed by atoms with Crippen LogP contribution in [0.5, 0.6) is 5.88 Å². The molecule has 2 heterocycles. The lowest BCUT2D eigenvalue weighted by Crippen LogP contribution is -2.48. The Bertz CT molecular complexity index is 666. The first-order chi connectivity index (χ1) is 11.7.